The molecule has 1 aliphatic carbocycles. The second-order valence-electron chi connectivity index (χ2n) is 4.11. The lowest BCUT2D eigenvalue weighted by molar-refractivity contribution is -0.137. The third kappa shape index (κ3) is 1.70. The summed E-state index contributed by atoms with van der Waals surface area (Å²) in [7, 11) is 0. The van der Waals surface area contributed by atoms with E-state index in [0.717, 1.165) is 38.6 Å². The second-order valence-corrected chi connectivity index (χ2v) is 4.11. The van der Waals surface area contributed by atoms with Gasteiger partial charge < -0.3 is 10.0 Å². The van der Waals surface area contributed by atoms with Crippen molar-refractivity contribution in [1.82, 2.24) is 4.90 Å². The Morgan fingerprint density at radius 3 is 2.69 bits per heavy atom. The van der Waals surface area contributed by atoms with Crippen LogP contribution in [-0.2, 0) is 4.79 Å². The zero-order chi connectivity index (χ0) is 9.26. The predicted octanol–water partition coefficient (Wildman–Crippen LogP) is 0.912. The van der Waals surface area contributed by atoms with Gasteiger partial charge in [-0.1, -0.05) is 0 Å². The van der Waals surface area contributed by atoms with Crippen LogP contribution in [0.4, 0.5) is 0 Å². The van der Waals surface area contributed by atoms with E-state index < -0.39 is 0 Å². The van der Waals surface area contributed by atoms with Crippen molar-refractivity contribution in [2.75, 3.05) is 6.54 Å². The van der Waals surface area contributed by atoms with Crippen LogP contribution < -0.4 is 0 Å². The van der Waals surface area contributed by atoms with E-state index in [4.69, 9.17) is 0 Å². The summed E-state index contributed by atoms with van der Waals surface area (Å²) in [5.41, 5.74) is 0. The molecule has 0 bridgehead atoms. The monoisotopic (exact) mass is 183 g/mol. The lowest BCUT2D eigenvalue weighted by Gasteiger charge is -2.34. The fraction of sp³-hybridized carbons (Fsp3) is 0.900. The smallest absolute Gasteiger partial charge is 0.222 e. The number of aliphatic hydroxyl groups excluding tert-OH is 1. The molecule has 1 saturated heterocycles. The molecule has 1 saturated carbocycles. The molecule has 1 N–H and O–H groups in total. The topological polar surface area (TPSA) is 40.5 Å². The molecule has 2 atom stereocenters. The maximum atomic E-state index is 11.5. The summed E-state index contributed by atoms with van der Waals surface area (Å²) in [4.78, 5) is 13.4. The molecule has 74 valence electrons. The van der Waals surface area contributed by atoms with Gasteiger partial charge in [0, 0.05) is 13.0 Å². The molecule has 13 heavy (non-hydrogen) atoms. The van der Waals surface area contributed by atoms with Crippen LogP contribution in [0.5, 0.6) is 0 Å². The van der Waals surface area contributed by atoms with E-state index in [2.05, 4.69) is 0 Å². The first kappa shape index (κ1) is 9.00. The molecule has 1 amide bonds. The number of carbonyl (C=O) groups excluding carboxylic acids is 1. The molecule has 0 spiro atoms. The Morgan fingerprint density at radius 1 is 1.23 bits per heavy atom. The summed E-state index contributed by atoms with van der Waals surface area (Å²) in [6, 6.07) is 0.132. The highest BCUT2D eigenvalue weighted by Crippen LogP contribution is 2.27. The molecule has 0 aromatic carbocycles. The number of amides is 1. The molecular weight excluding hydrogens is 166 g/mol. The van der Waals surface area contributed by atoms with Gasteiger partial charge in [0.05, 0.1) is 12.1 Å². The molecule has 3 nitrogen and oxygen atoms in total. The summed E-state index contributed by atoms with van der Waals surface area (Å²) >= 11 is 0. The summed E-state index contributed by atoms with van der Waals surface area (Å²) in [5, 5.41) is 9.67. The maximum absolute atomic E-state index is 11.5. The van der Waals surface area contributed by atoms with E-state index in [1.165, 1.54) is 0 Å². The third-order valence-corrected chi connectivity index (χ3v) is 3.20. The van der Waals surface area contributed by atoms with E-state index in [1.54, 1.807) is 0 Å². The minimum absolute atomic E-state index is 0.132. The van der Waals surface area contributed by atoms with Crippen molar-refractivity contribution < 1.29 is 9.90 Å². The Morgan fingerprint density at radius 2 is 2.08 bits per heavy atom. The molecular formula is C10H17NO2. The zero-order valence-electron chi connectivity index (χ0n) is 7.91. The molecule has 0 radical (unpaired) electrons. The van der Waals surface area contributed by atoms with Gasteiger partial charge in [-0.25, -0.2) is 0 Å². The SMILES string of the molecule is O=C1CCCCN1C1CCCC1O. The van der Waals surface area contributed by atoms with Gasteiger partial charge in [-0.3, -0.25) is 4.79 Å². The van der Waals surface area contributed by atoms with Crippen molar-refractivity contribution in [1.29, 1.82) is 0 Å². The standard InChI is InChI=1S/C10H17NO2/c12-9-5-3-4-8(9)11-7-2-1-6-10(11)13/h8-9,12H,1-7H2. The fourth-order valence-electron chi connectivity index (χ4n) is 2.46. The van der Waals surface area contributed by atoms with E-state index in [-0.39, 0.29) is 18.1 Å². The highest BCUT2D eigenvalue weighted by molar-refractivity contribution is 5.77. The van der Waals surface area contributed by atoms with Gasteiger partial charge in [0.25, 0.3) is 0 Å². The molecule has 2 unspecified atom stereocenters. The highest BCUT2D eigenvalue weighted by atomic mass is 16.3. The first-order chi connectivity index (χ1) is 6.29. The third-order valence-electron chi connectivity index (χ3n) is 3.20. The fourth-order valence-corrected chi connectivity index (χ4v) is 2.46. The minimum Gasteiger partial charge on any atom is -0.391 e. The van der Waals surface area contributed by atoms with Crippen molar-refractivity contribution in [2.24, 2.45) is 0 Å². The van der Waals surface area contributed by atoms with Crippen molar-refractivity contribution in [3.63, 3.8) is 0 Å². The number of carbonyl (C=O) groups is 1. The van der Waals surface area contributed by atoms with Crippen LogP contribution in [0.1, 0.15) is 38.5 Å². The number of aliphatic hydroxyl groups is 1. The van der Waals surface area contributed by atoms with Crippen molar-refractivity contribution in [2.45, 2.75) is 50.7 Å². The Bertz CT molecular complexity index is 205. The quantitative estimate of drug-likeness (QED) is 0.656. The van der Waals surface area contributed by atoms with E-state index in [1.807, 2.05) is 4.90 Å². The number of piperidine rings is 1. The van der Waals surface area contributed by atoms with Crippen LogP contribution in [-0.4, -0.2) is 34.6 Å². The van der Waals surface area contributed by atoms with Gasteiger partial charge in [0.1, 0.15) is 0 Å². The normalized spacial score (nSPS) is 35.5. The number of rotatable bonds is 1. The molecule has 0 aromatic heterocycles. The van der Waals surface area contributed by atoms with Gasteiger partial charge in [-0.2, -0.15) is 0 Å². The van der Waals surface area contributed by atoms with Crippen LogP contribution in [0.2, 0.25) is 0 Å². The summed E-state index contributed by atoms with van der Waals surface area (Å²) in [5.74, 6) is 0.247. The van der Waals surface area contributed by atoms with E-state index >= 15 is 0 Å². The molecule has 2 fully saturated rings. The Labute approximate surface area is 78.7 Å². The maximum Gasteiger partial charge on any atom is 0.222 e. The largest absolute Gasteiger partial charge is 0.391 e. The summed E-state index contributed by atoms with van der Waals surface area (Å²) < 4.78 is 0. The molecule has 2 rings (SSSR count). The highest BCUT2D eigenvalue weighted by Gasteiger charge is 2.34. The van der Waals surface area contributed by atoms with Gasteiger partial charge in [0.2, 0.25) is 5.91 Å². The average Bonchev–Trinajstić information content (AvgIpc) is 2.52. The number of hydrogen-bond donors (Lipinski definition) is 1. The van der Waals surface area contributed by atoms with E-state index in [9.17, 15) is 9.90 Å². The molecule has 3 heteroatoms. The van der Waals surface area contributed by atoms with Gasteiger partial charge in [0.15, 0.2) is 0 Å². The van der Waals surface area contributed by atoms with Crippen LogP contribution in [0.15, 0.2) is 0 Å². The van der Waals surface area contributed by atoms with Crippen molar-refractivity contribution in [3.05, 3.63) is 0 Å². The molecule has 1 aliphatic heterocycles. The molecule has 1 heterocycles. The van der Waals surface area contributed by atoms with Crippen molar-refractivity contribution in [3.8, 4) is 0 Å². The number of hydrogen-bond acceptors (Lipinski definition) is 2. The lowest BCUT2D eigenvalue weighted by Crippen LogP contribution is -2.46. The summed E-state index contributed by atoms with van der Waals surface area (Å²) in [6.45, 7) is 0.862. The lowest BCUT2D eigenvalue weighted by atomic mass is 10.1. The van der Waals surface area contributed by atoms with Crippen molar-refractivity contribution >= 4 is 5.91 Å². The van der Waals surface area contributed by atoms with Crippen LogP contribution in [0, 0.1) is 0 Å². The number of likely N-dealkylation sites (tertiary alicyclic amines) is 1. The van der Waals surface area contributed by atoms with Gasteiger partial charge in [-0.15, -0.1) is 0 Å². The van der Waals surface area contributed by atoms with Crippen LogP contribution in [0.3, 0.4) is 0 Å². The predicted molar refractivity (Wildman–Crippen MR) is 49.2 cm³/mol. The Balaban J connectivity index is 2.01. The molecule has 0 aromatic rings. The number of nitrogens with zero attached hydrogens (tertiary/aromatic N) is 1. The first-order valence-corrected chi connectivity index (χ1v) is 5.26. The second kappa shape index (κ2) is 3.66. The zero-order valence-corrected chi connectivity index (χ0v) is 7.91. The summed E-state index contributed by atoms with van der Waals surface area (Å²) in [6.07, 6.45) is 5.48. The molecule has 2 aliphatic rings. The van der Waals surface area contributed by atoms with Gasteiger partial charge >= 0.3 is 0 Å². The van der Waals surface area contributed by atoms with E-state index in [0.29, 0.717) is 6.42 Å². The van der Waals surface area contributed by atoms with Crippen LogP contribution >= 0.6 is 0 Å². The minimum atomic E-state index is -0.262. The first-order valence-electron chi connectivity index (χ1n) is 5.26. The van der Waals surface area contributed by atoms with Crippen LogP contribution in [0.25, 0.3) is 0 Å². The Hall–Kier alpha value is -0.570. The van der Waals surface area contributed by atoms with Gasteiger partial charge in [-0.05, 0) is 32.1 Å². The Kier molecular flexibility index (Phi) is 2.54. The average molecular weight is 183 g/mol.